The van der Waals surface area contributed by atoms with Crippen LogP contribution in [0.5, 0.6) is 5.75 Å². The summed E-state index contributed by atoms with van der Waals surface area (Å²) in [5.74, 6) is 0.607. The van der Waals surface area contributed by atoms with Gasteiger partial charge < -0.3 is 15.0 Å². The van der Waals surface area contributed by atoms with E-state index in [4.69, 9.17) is 16.3 Å². The fraction of sp³-hybridized carbons (Fsp3) is 0.458. The average molecular weight is 415 g/mol. The molecule has 1 aliphatic heterocycles. The van der Waals surface area contributed by atoms with Gasteiger partial charge in [0.1, 0.15) is 12.4 Å². The molecular formula is C24H31ClN2O2. The Bertz CT molecular complexity index is 796. The van der Waals surface area contributed by atoms with E-state index in [-0.39, 0.29) is 5.91 Å². The molecular weight excluding hydrogens is 384 g/mol. The summed E-state index contributed by atoms with van der Waals surface area (Å²) in [4.78, 5) is 15.1. The smallest absolute Gasteiger partial charge is 0.251 e. The van der Waals surface area contributed by atoms with Crippen molar-refractivity contribution in [1.29, 1.82) is 0 Å². The second kappa shape index (κ2) is 11.2. The summed E-state index contributed by atoms with van der Waals surface area (Å²) in [6.07, 6.45) is 6.15. The number of nitrogens with one attached hydrogen (secondary N) is 1. The lowest BCUT2D eigenvalue weighted by Crippen LogP contribution is -2.40. The standard InChI is InChI=1S/C24H31ClN2O2/c1-2-21-11-5-6-15-27(21)16-8-14-26-24(28)19-10-7-12-22(17-19)29-18-20-9-3-4-13-23(20)25/h3-4,7,9-10,12-13,17,21H,2,5-6,8,11,14-16,18H2,1H3,(H,26,28)/t21-/m1/s1. The number of hydrogen-bond acceptors (Lipinski definition) is 3. The highest BCUT2D eigenvalue weighted by molar-refractivity contribution is 6.31. The zero-order valence-electron chi connectivity index (χ0n) is 17.2. The van der Waals surface area contributed by atoms with Crippen LogP contribution in [0.2, 0.25) is 5.02 Å². The van der Waals surface area contributed by atoms with Crippen molar-refractivity contribution < 1.29 is 9.53 Å². The van der Waals surface area contributed by atoms with E-state index in [0.29, 0.717) is 35.5 Å². The van der Waals surface area contributed by atoms with E-state index in [2.05, 4.69) is 17.1 Å². The van der Waals surface area contributed by atoms with Crippen LogP contribution >= 0.6 is 11.6 Å². The van der Waals surface area contributed by atoms with E-state index < -0.39 is 0 Å². The van der Waals surface area contributed by atoms with E-state index in [9.17, 15) is 4.79 Å². The van der Waals surface area contributed by atoms with Crippen LogP contribution in [0.15, 0.2) is 48.5 Å². The Morgan fingerprint density at radius 3 is 2.90 bits per heavy atom. The molecule has 0 unspecified atom stereocenters. The van der Waals surface area contributed by atoms with E-state index in [1.54, 1.807) is 6.07 Å². The summed E-state index contributed by atoms with van der Waals surface area (Å²) < 4.78 is 5.82. The number of amides is 1. The number of carbonyl (C=O) groups excluding carboxylic acids is 1. The molecule has 1 saturated heterocycles. The highest BCUT2D eigenvalue weighted by atomic mass is 35.5. The third-order valence-electron chi connectivity index (χ3n) is 5.58. The summed E-state index contributed by atoms with van der Waals surface area (Å²) >= 11 is 6.17. The van der Waals surface area contributed by atoms with Crippen LogP contribution in [-0.2, 0) is 6.61 Å². The van der Waals surface area contributed by atoms with Crippen molar-refractivity contribution in [2.45, 2.75) is 51.7 Å². The van der Waals surface area contributed by atoms with Crippen molar-refractivity contribution in [3.8, 4) is 5.75 Å². The molecule has 1 atom stereocenters. The van der Waals surface area contributed by atoms with Gasteiger partial charge >= 0.3 is 0 Å². The quantitative estimate of drug-likeness (QED) is 0.566. The van der Waals surface area contributed by atoms with Gasteiger partial charge in [0.25, 0.3) is 5.91 Å². The second-order valence-corrected chi connectivity index (χ2v) is 8.02. The van der Waals surface area contributed by atoms with Crippen LogP contribution in [0.25, 0.3) is 0 Å². The molecule has 2 aromatic rings. The Labute approximate surface area is 179 Å². The lowest BCUT2D eigenvalue weighted by molar-refractivity contribution is 0.0947. The highest BCUT2D eigenvalue weighted by Gasteiger charge is 2.19. The Balaban J connectivity index is 1.44. The van der Waals surface area contributed by atoms with Gasteiger partial charge in [-0.1, -0.05) is 49.2 Å². The van der Waals surface area contributed by atoms with Crippen molar-refractivity contribution in [3.63, 3.8) is 0 Å². The van der Waals surface area contributed by atoms with Gasteiger partial charge in [-0.05, 0) is 56.5 Å². The number of hydrogen-bond donors (Lipinski definition) is 1. The van der Waals surface area contributed by atoms with Gasteiger partial charge in [-0.15, -0.1) is 0 Å². The predicted molar refractivity (Wildman–Crippen MR) is 119 cm³/mol. The summed E-state index contributed by atoms with van der Waals surface area (Å²) in [5, 5.41) is 3.72. The first kappa shape index (κ1) is 21.7. The Morgan fingerprint density at radius 1 is 1.21 bits per heavy atom. The molecule has 2 aromatic carbocycles. The Morgan fingerprint density at radius 2 is 2.07 bits per heavy atom. The van der Waals surface area contributed by atoms with Crippen molar-refractivity contribution in [3.05, 3.63) is 64.7 Å². The van der Waals surface area contributed by atoms with Crippen LogP contribution in [0, 0.1) is 0 Å². The van der Waals surface area contributed by atoms with Crippen LogP contribution in [0.4, 0.5) is 0 Å². The van der Waals surface area contributed by atoms with Crippen molar-refractivity contribution in [1.82, 2.24) is 10.2 Å². The van der Waals surface area contributed by atoms with Crippen molar-refractivity contribution in [2.24, 2.45) is 0 Å². The molecule has 1 aliphatic rings. The Kier molecular flexibility index (Phi) is 8.38. The number of rotatable bonds is 9. The molecule has 0 spiro atoms. The maximum atomic E-state index is 12.5. The lowest BCUT2D eigenvalue weighted by atomic mass is 10.00. The maximum absolute atomic E-state index is 12.5. The Hall–Kier alpha value is -2.04. The topological polar surface area (TPSA) is 41.6 Å². The molecule has 0 aliphatic carbocycles. The van der Waals surface area contributed by atoms with Gasteiger partial charge in [0, 0.05) is 35.3 Å². The zero-order chi connectivity index (χ0) is 20.5. The molecule has 0 bridgehead atoms. The molecule has 1 N–H and O–H groups in total. The number of halogens is 1. The van der Waals surface area contributed by atoms with Crippen LogP contribution < -0.4 is 10.1 Å². The normalized spacial score (nSPS) is 17.1. The zero-order valence-corrected chi connectivity index (χ0v) is 18.0. The minimum Gasteiger partial charge on any atom is -0.489 e. The highest BCUT2D eigenvalue weighted by Crippen LogP contribution is 2.20. The summed E-state index contributed by atoms with van der Waals surface area (Å²) in [5.41, 5.74) is 1.54. The molecule has 1 heterocycles. The van der Waals surface area contributed by atoms with Gasteiger partial charge in [-0.25, -0.2) is 0 Å². The van der Waals surface area contributed by atoms with Crippen molar-refractivity contribution in [2.75, 3.05) is 19.6 Å². The van der Waals surface area contributed by atoms with E-state index in [0.717, 1.165) is 18.5 Å². The molecule has 156 valence electrons. The molecule has 0 saturated carbocycles. The molecule has 1 amide bonds. The number of likely N-dealkylation sites (tertiary alicyclic amines) is 1. The maximum Gasteiger partial charge on any atom is 0.251 e. The van der Waals surface area contributed by atoms with Crippen LogP contribution in [-0.4, -0.2) is 36.5 Å². The molecule has 4 nitrogen and oxygen atoms in total. The summed E-state index contributed by atoms with van der Waals surface area (Å²) in [6, 6.07) is 15.6. The lowest BCUT2D eigenvalue weighted by Gasteiger charge is -2.35. The fourth-order valence-corrected chi connectivity index (χ4v) is 4.10. The van der Waals surface area contributed by atoms with Gasteiger partial charge in [0.05, 0.1) is 0 Å². The van der Waals surface area contributed by atoms with Gasteiger partial charge in [0.2, 0.25) is 0 Å². The number of carbonyl (C=O) groups is 1. The average Bonchev–Trinajstić information content (AvgIpc) is 2.76. The summed E-state index contributed by atoms with van der Waals surface area (Å²) in [7, 11) is 0. The van der Waals surface area contributed by atoms with Gasteiger partial charge in [-0.2, -0.15) is 0 Å². The number of piperidine rings is 1. The third kappa shape index (κ3) is 6.48. The number of ether oxygens (including phenoxy) is 1. The van der Waals surface area contributed by atoms with E-state index >= 15 is 0 Å². The molecule has 29 heavy (non-hydrogen) atoms. The largest absolute Gasteiger partial charge is 0.489 e. The molecule has 0 aromatic heterocycles. The summed E-state index contributed by atoms with van der Waals surface area (Å²) in [6.45, 7) is 5.58. The minimum atomic E-state index is -0.0566. The van der Waals surface area contributed by atoms with Crippen LogP contribution in [0.1, 0.15) is 54.9 Å². The SMILES string of the molecule is CC[C@@H]1CCCCN1CCCNC(=O)c1cccc(OCc2ccccc2Cl)c1. The van der Waals surface area contributed by atoms with Gasteiger partial charge in [0.15, 0.2) is 0 Å². The first-order chi connectivity index (χ1) is 14.2. The fourth-order valence-electron chi connectivity index (χ4n) is 3.91. The van der Waals surface area contributed by atoms with Crippen LogP contribution in [0.3, 0.4) is 0 Å². The van der Waals surface area contributed by atoms with Gasteiger partial charge in [-0.3, -0.25) is 4.79 Å². The molecule has 1 fully saturated rings. The number of nitrogens with zero attached hydrogens (tertiary/aromatic N) is 1. The molecule has 3 rings (SSSR count). The first-order valence-electron chi connectivity index (χ1n) is 10.7. The first-order valence-corrected chi connectivity index (χ1v) is 11.0. The second-order valence-electron chi connectivity index (χ2n) is 7.61. The monoisotopic (exact) mass is 414 g/mol. The number of benzene rings is 2. The minimum absolute atomic E-state index is 0.0566. The molecule has 5 heteroatoms. The third-order valence-corrected chi connectivity index (χ3v) is 5.95. The predicted octanol–water partition coefficient (Wildman–Crippen LogP) is 5.30. The molecule has 0 radical (unpaired) electrons. The van der Waals surface area contributed by atoms with Crippen molar-refractivity contribution >= 4 is 17.5 Å². The van der Waals surface area contributed by atoms with E-state index in [1.807, 2.05) is 42.5 Å². The van der Waals surface area contributed by atoms with E-state index in [1.165, 1.54) is 32.2 Å².